The molecule has 0 aromatic heterocycles. The topological polar surface area (TPSA) is 19.9 Å². The van der Waals surface area contributed by atoms with Crippen molar-refractivity contribution in [3.8, 4) is 5.75 Å². The van der Waals surface area contributed by atoms with Crippen LogP contribution in [0, 0.1) is 6.92 Å². The Bertz CT molecular complexity index is 780. The minimum Gasteiger partial charge on any atom is -0.290 e. The fourth-order valence-corrected chi connectivity index (χ4v) is 3.52. The molecule has 0 bridgehead atoms. The third-order valence-electron chi connectivity index (χ3n) is 3.84. The number of fused-ring (bicyclic) bond motifs is 1. The Labute approximate surface area is 136 Å². The second-order valence-corrected chi connectivity index (χ2v) is 6.73. The lowest BCUT2D eigenvalue weighted by molar-refractivity contribution is 0.351. The molecule has 3 aromatic rings. The Morgan fingerprint density at radius 3 is 2.55 bits per heavy atom. The smallest absolute Gasteiger partial charge is 0.181 e. The van der Waals surface area contributed by atoms with Crippen LogP contribution in [0.1, 0.15) is 17.5 Å². The van der Waals surface area contributed by atoms with E-state index < -0.39 is 0 Å². The molecular weight excluding hydrogens is 288 g/mol. The standard InChI is InChI=1S/C20H19OS/c1-15-13-19(10-11-20(15)21)22-12-4-5-16-8-9-17-6-2-3-7-18(17)14-16/h2-3,6-11,13-14H,4-5,12H2,1H3. The summed E-state index contributed by atoms with van der Waals surface area (Å²) >= 11 is 1.83. The van der Waals surface area contributed by atoms with Gasteiger partial charge in [-0.15, -0.1) is 11.8 Å². The number of rotatable bonds is 5. The molecule has 1 radical (unpaired) electrons. The summed E-state index contributed by atoms with van der Waals surface area (Å²) in [7, 11) is 0. The van der Waals surface area contributed by atoms with E-state index in [1.54, 1.807) is 6.07 Å². The molecule has 111 valence electrons. The molecule has 0 amide bonds. The van der Waals surface area contributed by atoms with Crippen molar-refractivity contribution in [1.29, 1.82) is 0 Å². The average molecular weight is 307 g/mol. The minimum atomic E-state index is 0.125. The van der Waals surface area contributed by atoms with E-state index in [-0.39, 0.29) is 5.75 Å². The van der Waals surface area contributed by atoms with Gasteiger partial charge in [-0.3, -0.25) is 5.11 Å². The zero-order valence-corrected chi connectivity index (χ0v) is 13.5. The summed E-state index contributed by atoms with van der Waals surface area (Å²) in [5.41, 5.74) is 2.23. The van der Waals surface area contributed by atoms with Crippen LogP contribution in [0.3, 0.4) is 0 Å². The Morgan fingerprint density at radius 2 is 1.73 bits per heavy atom. The third kappa shape index (κ3) is 3.63. The Morgan fingerprint density at radius 1 is 0.909 bits per heavy atom. The van der Waals surface area contributed by atoms with Gasteiger partial charge >= 0.3 is 0 Å². The van der Waals surface area contributed by atoms with E-state index in [0.717, 1.165) is 24.2 Å². The van der Waals surface area contributed by atoms with Gasteiger partial charge in [0.15, 0.2) is 5.75 Å². The molecule has 1 nitrogen and oxygen atoms in total. The predicted octanol–water partition coefficient (Wildman–Crippen LogP) is 6.02. The summed E-state index contributed by atoms with van der Waals surface area (Å²) in [5, 5.41) is 14.0. The molecule has 22 heavy (non-hydrogen) atoms. The summed E-state index contributed by atoms with van der Waals surface area (Å²) < 4.78 is 0. The van der Waals surface area contributed by atoms with E-state index in [9.17, 15) is 5.11 Å². The van der Waals surface area contributed by atoms with Crippen LogP contribution in [0.4, 0.5) is 0 Å². The normalized spacial score (nSPS) is 11.0. The molecule has 0 saturated carbocycles. The van der Waals surface area contributed by atoms with Gasteiger partial charge in [0, 0.05) is 4.90 Å². The van der Waals surface area contributed by atoms with Crippen molar-refractivity contribution in [3.05, 3.63) is 71.8 Å². The van der Waals surface area contributed by atoms with Crippen LogP contribution in [0.5, 0.6) is 5.75 Å². The molecule has 0 atom stereocenters. The molecular formula is C20H19OS. The number of thioether (sulfide) groups is 1. The molecule has 0 unspecified atom stereocenters. The van der Waals surface area contributed by atoms with Crippen molar-refractivity contribution >= 4 is 22.5 Å². The summed E-state index contributed by atoms with van der Waals surface area (Å²) in [6.07, 6.45) is 2.23. The van der Waals surface area contributed by atoms with E-state index in [1.165, 1.54) is 21.2 Å². The molecule has 0 saturated heterocycles. The van der Waals surface area contributed by atoms with Gasteiger partial charge in [0.2, 0.25) is 0 Å². The van der Waals surface area contributed by atoms with Crippen molar-refractivity contribution in [2.45, 2.75) is 24.7 Å². The van der Waals surface area contributed by atoms with Crippen molar-refractivity contribution < 1.29 is 5.11 Å². The molecule has 0 fully saturated rings. The molecule has 0 N–H and O–H groups in total. The van der Waals surface area contributed by atoms with E-state index in [0.29, 0.717) is 0 Å². The Balaban J connectivity index is 1.54. The van der Waals surface area contributed by atoms with Crippen molar-refractivity contribution in [2.75, 3.05) is 5.75 Å². The highest BCUT2D eigenvalue weighted by Gasteiger charge is 2.01. The molecule has 0 heterocycles. The van der Waals surface area contributed by atoms with Gasteiger partial charge in [0.1, 0.15) is 0 Å². The van der Waals surface area contributed by atoms with Crippen LogP contribution >= 0.6 is 11.8 Å². The van der Waals surface area contributed by atoms with Crippen LogP contribution in [0.2, 0.25) is 0 Å². The largest absolute Gasteiger partial charge is 0.290 e. The molecule has 3 aromatic carbocycles. The van der Waals surface area contributed by atoms with Crippen molar-refractivity contribution in [3.63, 3.8) is 0 Å². The maximum atomic E-state index is 11.4. The first kappa shape index (κ1) is 15.0. The number of aryl methyl sites for hydroxylation is 2. The number of hydrogen-bond donors (Lipinski definition) is 0. The van der Waals surface area contributed by atoms with Crippen molar-refractivity contribution in [2.24, 2.45) is 0 Å². The van der Waals surface area contributed by atoms with Gasteiger partial charge in [-0.1, -0.05) is 42.5 Å². The van der Waals surface area contributed by atoms with Gasteiger partial charge in [-0.05, 0) is 65.6 Å². The summed E-state index contributed by atoms with van der Waals surface area (Å²) in [6, 6.07) is 20.8. The zero-order valence-electron chi connectivity index (χ0n) is 12.7. The maximum absolute atomic E-state index is 11.4. The number of benzene rings is 3. The predicted molar refractivity (Wildman–Crippen MR) is 94.3 cm³/mol. The van der Waals surface area contributed by atoms with E-state index in [1.807, 2.05) is 30.8 Å². The van der Waals surface area contributed by atoms with E-state index in [2.05, 4.69) is 42.5 Å². The second-order valence-electron chi connectivity index (χ2n) is 5.56. The molecule has 2 heteroatoms. The first-order chi connectivity index (χ1) is 10.7. The number of hydrogen-bond acceptors (Lipinski definition) is 1. The third-order valence-corrected chi connectivity index (χ3v) is 4.92. The first-order valence-electron chi connectivity index (χ1n) is 7.60. The fourth-order valence-electron chi connectivity index (χ4n) is 2.57. The highest BCUT2D eigenvalue weighted by molar-refractivity contribution is 7.99. The van der Waals surface area contributed by atoms with Gasteiger partial charge in [-0.2, -0.15) is 0 Å². The van der Waals surface area contributed by atoms with Crippen LogP contribution in [-0.2, 0) is 11.5 Å². The van der Waals surface area contributed by atoms with Crippen molar-refractivity contribution in [1.82, 2.24) is 0 Å². The quantitative estimate of drug-likeness (QED) is 0.417. The van der Waals surface area contributed by atoms with E-state index >= 15 is 0 Å². The molecule has 0 aliphatic heterocycles. The summed E-state index contributed by atoms with van der Waals surface area (Å²) in [5.74, 6) is 1.20. The SMILES string of the molecule is Cc1cc(SCCCc2ccc3ccccc3c2)ccc1[O]. The Kier molecular flexibility index (Phi) is 4.69. The van der Waals surface area contributed by atoms with E-state index in [4.69, 9.17) is 0 Å². The van der Waals surface area contributed by atoms with Crippen LogP contribution < -0.4 is 0 Å². The molecule has 0 aliphatic rings. The van der Waals surface area contributed by atoms with Gasteiger partial charge in [0.25, 0.3) is 0 Å². The fraction of sp³-hybridized carbons (Fsp3) is 0.200. The lowest BCUT2D eigenvalue weighted by atomic mass is 10.0. The monoisotopic (exact) mass is 307 g/mol. The second kappa shape index (κ2) is 6.89. The first-order valence-corrected chi connectivity index (χ1v) is 8.59. The maximum Gasteiger partial charge on any atom is 0.181 e. The lowest BCUT2D eigenvalue weighted by Gasteiger charge is -2.05. The van der Waals surface area contributed by atoms with Gasteiger partial charge in [-0.25, -0.2) is 0 Å². The highest BCUT2D eigenvalue weighted by atomic mass is 32.2. The van der Waals surface area contributed by atoms with Crippen LogP contribution in [-0.4, -0.2) is 5.75 Å². The summed E-state index contributed by atoms with van der Waals surface area (Å²) in [6.45, 7) is 1.88. The Hall–Kier alpha value is -1.93. The zero-order chi connectivity index (χ0) is 15.4. The molecule has 0 aliphatic carbocycles. The van der Waals surface area contributed by atoms with Gasteiger partial charge in [0.05, 0.1) is 0 Å². The highest BCUT2D eigenvalue weighted by Crippen LogP contribution is 2.26. The van der Waals surface area contributed by atoms with Crippen LogP contribution in [0.25, 0.3) is 10.8 Å². The minimum absolute atomic E-state index is 0.125. The van der Waals surface area contributed by atoms with Crippen LogP contribution in [0.15, 0.2) is 65.6 Å². The molecule has 0 spiro atoms. The lowest BCUT2D eigenvalue weighted by Crippen LogP contribution is -1.88. The molecule has 3 rings (SSSR count). The summed E-state index contributed by atoms with van der Waals surface area (Å²) in [4.78, 5) is 1.19. The average Bonchev–Trinajstić information content (AvgIpc) is 2.54. The van der Waals surface area contributed by atoms with Gasteiger partial charge < -0.3 is 0 Å².